The fourth-order valence-electron chi connectivity index (χ4n) is 4.14. The minimum absolute atomic E-state index is 0.393. The molecule has 0 saturated carbocycles. The Morgan fingerprint density at radius 3 is 2.71 bits per heavy atom. The summed E-state index contributed by atoms with van der Waals surface area (Å²) < 4.78 is 0. The lowest BCUT2D eigenvalue weighted by Gasteiger charge is -2.43. The van der Waals surface area contributed by atoms with E-state index in [9.17, 15) is 24.9 Å². The van der Waals surface area contributed by atoms with E-state index in [1.165, 1.54) is 6.92 Å². The van der Waals surface area contributed by atoms with E-state index in [4.69, 9.17) is 0 Å². The highest BCUT2D eigenvalue weighted by Crippen LogP contribution is 2.44. The van der Waals surface area contributed by atoms with Crippen LogP contribution in [-0.2, 0) is 9.59 Å². The molecule has 0 unspecified atom stereocenters. The first kappa shape index (κ1) is 18.9. The summed E-state index contributed by atoms with van der Waals surface area (Å²) in [5.41, 5.74) is -3.93. The number of aliphatic hydroxyl groups excluding tert-OH is 1. The largest absolute Gasteiger partial charge is 0.479 e. The molecule has 0 aromatic rings. The first-order valence-electron chi connectivity index (χ1n) is 8.91. The zero-order chi connectivity index (χ0) is 18.0. The molecule has 2 aliphatic rings. The number of amides is 1. The van der Waals surface area contributed by atoms with Crippen LogP contribution in [0.15, 0.2) is 12.2 Å². The number of hydrogen-bond acceptors (Lipinski definition) is 4. The molecule has 0 aromatic heterocycles. The number of hydrogen-bond donors (Lipinski definition) is 4. The van der Waals surface area contributed by atoms with Gasteiger partial charge in [-0.1, -0.05) is 38.3 Å². The predicted molar refractivity (Wildman–Crippen MR) is 89.3 cm³/mol. The minimum atomic E-state index is -2.08. The first-order chi connectivity index (χ1) is 11.3. The SMILES string of the molecule is CCCCC[C@H]1C(=O)N[C@](C(=O)O)([C@@H](O)[C@@H]2C=CCCC2)[C@@]1(C)O. The van der Waals surface area contributed by atoms with Crippen molar-refractivity contribution in [2.45, 2.75) is 76.0 Å². The standard InChI is InChI=1S/C18H29NO5/c1-3-4-6-11-13-15(21)19-18(16(22)23,17(13,2)24)14(20)12-9-7-5-8-10-12/h7,9,12-14,20,24H,3-6,8,10-11H2,1-2H3,(H,19,21)(H,22,23)/t12-,13+,14+,17+,18+/m1/s1. The zero-order valence-corrected chi connectivity index (χ0v) is 14.5. The van der Waals surface area contributed by atoms with Gasteiger partial charge in [-0.3, -0.25) is 4.79 Å². The summed E-state index contributed by atoms with van der Waals surface area (Å²) in [6.45, 7) is 3.40. The molecule has 1 aliphatic carbocycles. The monoisotopic (exact) mass is 339 g/mol. The third-order valence-electron chi connectivity index (χ3n) is 5.69. The van der Waals surface area contributed by atoms with E-state index in [-0.39, 0.29) is 0 Å². The van der Waals surface area contributed by atoms with Crippen molar-refractivity contribution < 1.29 is 24.9 Å². The number of nitrogens with one attached hydrogen (secondary N) is 1. The average Bonchev–Trinajstić information content (AvgIpc) is 2.75. The second-order valence-corrected chi connectivity index (χ2v) is 7.27. The zero-order valence-electron chi connectivity index (χ0n) is 14.5. The van der Waals surface area contributed by atoms with E-state index in [1.54, 1.807) is 6.08 Å². The molecule has 6 nitrogen and oxygen atoms in total. The lowest BCUT2D eigenvalue weighted by atomic mass is 9.68. The lowest BCUT2D eigenvalue weighted by molar-refractivity contribution is -0.170. The normalized spacial score (nSPS) is 37.2. The Bertz CT molecular complexity index is 516. The molecule has 24 heavy (non-hydrogen) atoms. The van der Waals surface area contributed by atoms with Gasteiger partial charge in [0, 0.05) is 5.92 Å². The van der Waals surface area contributed by atoms with Crippen molar-refractivity contribution in [3.63, 3.8) is 0 Å². The number of allylic oxidation sites excluding steroid dienone is 1. The smallest absolute Gasteiger partial charge is 0.335 e. The number of unbranched alkanes of at least 4 members (excludes halogenated alkanes) is 2. The van der Waals surface area contributed by atoms with Gasteiger partial charge in [-0.05, 0) is 32.6 Å². The van der Waals surface area contributed by atoms with E-state index in [0.717, 1.165) is 32.1 Å². The van der Waals surface area contributed by atoms with Crippen molar-refractivity contribution in [3.05, 3.63) is 12.2 Å². The summed E-state index contributed by atoms with van der Waals surface area (Å²) in [4.78, 5) is 24.5. The Hall–Kier alpha value is -1.40. The van der Waals surface area contributed by atoms with Gasteiger partial charge in [0.05, 0.1) is 12.0 Å². The summed E-state index contributed by atoms with van der Waals surface area (Å²) in [5.74, 6) is -3.10. The summed E-state index contributed by atoms with van der Waals surface area (Å²) in [6.07, 6.45) is 7.75. The van der Waals surface area contributed by atoms with Gasteiger partial charge in [0.1, 0.15) is 5.60 Å². The molecule has 0 radical (unpaired) electrons. The quantitative estimate of drug-likeness (QED) is 0.416. The molecular formula is C18H29NO5. The Morgan fingerprint density at radius 2 is 2.17 bits per heavy atom. The van der Waals surface area contributed by atoms with Gasteiger partial charge < -0.3 is 20.6 Å². The highest BCUT2D eigenvalue weighted by Gasteiger charge is 2.69. The predicted octanol–water partition coefficient (Wildman–Crippen LogP) is 1.60. The molecule has 1 aliphatic heterocycles. The maximum atomic E-state index is 12.4. The average molecular weight is 339 g/mol. The minimum Gasteiger partial charge on any atom is -0.479 e. The topological polar surface area (TPSA) is 107 Å². The fraction of sp³-hybridized carbons (Fsp3) is 0.778. The molecule has 0 aromatic carbocycles. The van der Waals surface area contributed by atoms with Crippen LogP contribution in [0.4, 0.5) is 0 Å². The Labute approximate surface area is 142 Å². The number of carbonyl (C=O) groups excluding carboxylic acids is 1. The van der Waals surface area contributed by atoms with E-state index < -0.39 is 41.0 Å². The Kier molecular flexibility index (Phi) is 5.71. The number of carboxylic acid groups (broad SMARTS) is 1. The third-order valence-corrected chi connectivity index (χ3v) is 5.69. The van der Waals surface area contributed by atoms with Gasteiger partial charge >= 0.3 is 5.97 Å². The second kappa shape index (κ2) is 7.23. The Balaban J connectivity index is 2.34. The highest BCUT2D eigenvalue weighted by molar-refractivity contribution is 5.95. The van der Waals surface area contributed by atoms with Crippen LogP contribution >= 0.6 is 0 Å². The van der Waals surface area contributed by atoms with Crippen molar-refractivity contribution >= 4 is 11.9 Å². The van der Waals surface area contributed by atoms with Crippen LogP contribution in [0.1, 0.15) is 58.8 Å². The van der Waals surface area contributed by atoms with Crippen LogP contribution < -0.4 is 5.32 Å². The molecule has 5 atom stereocenters. The number of carbonyl (C=O) groups is 2. The molecule has 0 bridgehead atoms. The van der Waals surface area contributed by atoms with Crippen molar-refractivity contribution in [2.75, 3.05) is 0 Å². The fourth-order valence-corrected chi connectivity index (χ4v) is 4.14. The van der Waals surface area contributed by atoms with E-state index in [0.29, 0.717) is 12.8 Å². The Morgan fingerprint density at radius 1 is 1.46 bits per heavy atom. The van der Waals surface area contributed by atoms with Crippen LogP contribution in [-0.4, -0.2) is 44.4 Å². The van der Waals surface area contributed by atoms with Gasteiger partial charge in [0.25, 0.3) is 0 Å². The molecule has 136 valence electrons. The summed E-state index contributed by atoms with van der Waals surface area (Å²) >= 11 is 0. The summed E-state index contributed by atoms with van der Waals surface area (Å²) in [6, 6.07) is 0. The number of rotatable bonds is 7. The van der Waals surface area contributed by atoms with Crippen molar-refractivity contribution in [1.82, 2.24) is 5.32 Å². The maximum absolute atomic E-state index is 12.4. The van der Waals surface area contributed by atoms with Crippen LogP contribution in [0.3, 0.4) is 0 Å². The molecule has 1 heterocycles. The maximum Gasteiger partial charge on any atom is 0.335 e. The molecule has 4 N–H and O–H groups in total. The van der Waals surface area contributed by atoms with Gasteiger partial charge in [0.15, 0.2) is 5.54 Å². The van der Waals surface area contributed by atoms with Gasteiger partial charge in [0.2, 0.25) is 5.91 Å². The first-order valence-corrected chi connectivity index (χ1v) is 8.91. The molecule has 1 amide bonds. The summed E-state index contributed by atoms with van der Waals surface area (Å²) in [7, 11) is 0. The van der Waals surface area contributed by atoms with E-state index >= 15 is 0 Å². The number of carboxylic acids is 1. The number of aliphatic hydroxyl groups is 2. The summed E-state index contributed by atoms with van der Waals surface area (Å²) in [5, 5.41) is 34.2. The molecule has 0 spiro atoms. The van der Waals surface area contributed by atoms with Gasteiger partial charge in [-0.2, -0.15) is 0 Å². The van der Waals surface area contributed by atoms with Crippen molar-refractivity contribution in [2.24, 2.45) is 11.8 Å². The van der Waals surface area contributed by atoms with Crippen LogP contribution in [0.2, 0.25) is 0 Å². The third kappa shape index (κ3) is 2.97. The molecular weight excluding hydrogens is 310 g/mol. The lowest BCUT2D eigenvalue weighted by Crippen LogP contribution is -2.70. The second-order valence-electron chi connectivity index (χ2n) is 7.27. The molecule has 2 rings (SSSR count). The van der Waals surface area contributed by atoms with Crippen LogP contribution in [0, 0.1) is 11.8 Å². The molecule has 1 saturated heterocycles. The van der Waals surface area contributed by atoms with Gasteiger partial charge in [-0.15, -0.1) is 0 Å². The van der Waals surface area contributed by atoms with Crippen LogP contribution in [0.5, 0.6) is 0 Å². The molecule has 6 heteroatoms. The van der Waals surface area contributed by atoms with Crippen LogP contribution in [0.25, 0.3) is 0 Å². The highest BCUT2D eigenvalue weighted by atomic mass is 16.4. The van der Waals surface area contributed by atoms with E-state index in [1.807, 2.05) is 13.0 Å². The van der Waals surface area contributed by atoms with E-state index in [2.05, 4.69) is 5.32 Å². The molecule has 1 fully saturated rings. The van der Waals surface area contributed by atoms with Crippen molar-refractivity contribution in [1.29, 1.82) is 0 Å². The number of aliphatic carboxylic acids is 1. The van der Waals surface area contributed by atoms with Crippen molar-refractivity contribution in [3.8, 4) is 0 Å². The van der Waals surface area contributed by atoms with Gasteiger partial charge in [-0.25, -0.2) is 4.79 Å².